The average Bonchev–Trinajstić information content (AvgIpc) is 2.28. The summed E-state index contributed by atoms with van der Waals surface area (Å²) in [6.07, 6.45) is 0.313. The molecule has 0 aliphatic carbocycles. The van der Waals surface area contributed by atoms with Gasteiger partial charge in [-0.15, -0.1) is 0 Å². The highest BCUT2D eigenvalue weighted by molar-refractivity contribution is 5.75. The molecule has 0 spiro atoms. The number of hydrogen-bond donors (Lipinski definition) is 1. The molecule has 0 aliphatic rings. The smallest absolute Gasteiger partial charge is 0.323 e. The lowest BCUT2D eigenvalue weighted by atomic mass is 9.93. The van der Waals surface area contributed by atoms with Gasteiger partial charge in [-0.25, -0.2) is 0 Å². The van der Waals surface area contributed by atoms with E-state index in [1.165, 1.54) is 0 Å². The second-order valence-corrected chi connectivity index (χ2v) is 4.20. The minimum Gasteiger partial charge on any atom is -0.508 e. The van der Waals surface area contributed by atoms with E-state index in [-0.39, 0.29) is 12.4 Å². The number of phenols is 1. The highest BCUT2D eigenvalue weighted by Crippen LogP contribution is 2.23. The first-order valence-electron chi connectivity index (χ1n) is 5.85. The quantitative estimate of drug-likeness (QED) is 0.828. The summed E-state index contributed by atoms with van der Waals surface area (Å²) in [5.41, 5.74) is 2.65. The van der Waals surface area contributed by atoms with E-state index in [1.54, 1.807) is 19.1 Å². The van der Waals surface area contributed by atoms with Crippen molar-refractivity contribution in [3.8, 4) is 11.8 Å². The van der Waals surface area contributed by atoms with Crippen molar-refractivity contribution in [3.05, 3.63) is 28.8 Å². The first kappa shape index (κ1) is 14.0. The van der Waals surface area contributed by atoms with E-state index in [1.807, 2.05) is 19.9 Å². The Bertz CT molecular complexity index is 465. The van der Waals surface area contributed by atoms with Crippen molar-refractivity contribution in [2.75, 3.05) is 6.61 Å². The van der Waals surface area contributed by atoms with Crippen LogP contribution < -0.4 is 0 Å². The lowest BCUT2D eigenvalue weighted by Gasteiger charge is -2.13. The fourth-order valence-electron chi connectivity index (χ4n) is 1.92. The van der Waals surface area contributed by atoms with Gasteiger partial charge in [0.25, 0.3) is 0 Å². The number of rotatable bonds is 4. The maximum Gasteiger partial charge on any atom is 0.323 e. The van der Waals surface area contributed by atoms with Gasteiger partial charge in [-0.05, 0) is 56.0 Å². The van der Waals surface area contributed by atoms with E-state index in [9.17, 15) is 9.90 Å². The van der Waals surface area contributed by atoms with Crippen LogP contribution in [0.2, 0.25) is 0 Å². The van der Waals surface area contributed by atoms with Gasteiger partial charge in [-0.3, -0.25) is 4.79 Å². The summed E-state index contributed by atoms with van der Waals surface area (Å²) in [7, 11) is 0. The van der Waals surface area contributed by atoms with Crippen LogP contribution in [-0.4, -0.2) is 17.7 Å². The van der Waals surface area contributed by atoms with Crippen LogP contribution in [0.5, 0.6) is 5.75 Å². The highest BCUT2D eigenvalue weighted by Gasteiger charge is 2.21. The normalized spacial score (nSPS) is 11.7. The Morgan fingerprint density at radius 3 is 2.44 bits per heavy atom. The van der Waals surface area contributed by atoms with E-state index in [2.05, 4.69) is 0 Å². The zero-order chi connectivity index (χ0) is 13.7. The Morgan fingerprint density at radius 2 is 2.00 bits per heavy atom. The van der Waals surface area contributed by atoms with E-state index in [4.69, 9.17) is 10.00 Å². The highest BCUT2D eigenvalue weighted by atomic mass is 16.5. The Morgan fingerprint density at radius 1 is 1.44 bits per heavy atom. The maximum atomic E-state index is 11.6. The molecule has 0 saturated heterocycles. The summed E-state index contributed by atoms with van der Waals surface area (Å²) in [4.78, 5) is 11.6. The molecule has 0 aliphatic heterocycles. The minimum atomic E-state index is -0.799. The van der Waals surface area contributed by atoms with E-state index >= 15 is 0 Å². The van der Waals surface area contributed by atoms with Crippen molar-refractivity contribution in [1.29, 1.82) is 5.26 Å². The fourth-order valence-corrected chi connectivity index (χ4v) is 1.92. The van der Waals surface area contributed by atoms with E-state index in [0.717, 1.165) is 16.7 Å². The third-order valence-electron chi connectivity index (χ3n) is 2.82. The summed E-state index contributed by atoms with van der Waals surface area (Å²) in [6, 6.07) is 5.22. The number of esters is 1. The molecule has 0 radical (unpaired) electrons. The van der Waals surface area contributed by atoms with Crippen LogP contribution in [0.25, 0.3) is 0 Å². The standard InChI is InChI=1S/C14H17NO3/c1-4-18-14(17)11(8-15)7-13-9(2)5-12(16)6-10(13)3/h5-6,11,16H,4,7H2,1-3H3/t11-/m0/s1. The Kier molecular flexibility index (Phi) is 4.73. The molecule has 0 saturated carbocycles. The molecule has 0 heterocycles. The molecule has 1 N–H and O–H groups in total. The van der Waals surface area contributed by atoms with Crippen LogP contribution in [0.1, 0.15) is 23.6 Å². The van der Waals surface area contributed by atoms with Crippen molar-refractivity contribution in [1.82, 2.24) is 0 Å². The monoisotopic (exact) mass is 247 g/mol. The van der Waals surface area contributed by atoms with Crippen molar-refractivity contribution >= 4 is 5.97 Å². The largest absolute Gasteiger partial charge is 0.508 e. The van der Waals surface area contributed by atoms with Gasteiger partial charge < -0.3 is 9.84 Å². The number of ether oxygens (including phenoxy) is 1. The molecule has 1 aromatic carbocycles. The Hall–Kier alpha value is -2.02. The molecule has 0 aromatic heterocycles. The van der Waals surface area contributed by atoms with Crippen LogP contribution >= 0.6 is 0 Å². The molecule has 0 fully saturated rings. The van der Waals surface area contributed by atoms with Crippen LogP contribution in [0.4, 0.5) is 0 Å². The van der Waals surface area contributed by atoms with Gasteiger partial charge >= 0.3 is 5.97 Å². The van der Waals surface area contributed by atoms with Gasteiger partial charge in [-0.2, -0.15) is 5.26 Å². The van der Waals surface area contributed by atoms with Gasteiger partial charge in [-0.1, -0.05) is 0 Å². The zero-order valence-electron chi connectivity index (χ0n) is 10.9. The van der Waals surface area contributed by atoms with Crippen LogP contribution in [-0.2, 0) is 16.0 Å². The summed E-state index contributed by atoms with van der Waals surface area (Å²) in [5.74, 6) is -1.10. The molecule has 18 heavy (non-hydrogen) atoms. The van der Waals surface area contributed by atoms with Crippen LogP contribution in [0.3, 0.4) is 0 Å². The van der Waals surface area contributed by atoms with Crippen molar-refractivity contribution < 1.29 is 14.6 Å². The number of carbonyl (C=O) groups is 1. The molecule has 4 nitrogen and oxygen atoms in total. The fraction of sp³-hybridized carbons (Fsp3) is 0.429. The molecule has 0 unspecified atom stereocenters. The molecule has 4 heteroatoms. The van der Waals surface area contributed by atoms with Gasteiger partial charge in [0.2, 0.25) is 0 Å². The summed E-state index contributed by atoms with van der Waals surface area (Å²) >= 11 is 0. The Balaban J connectivity index is 2.96. The van der Waals surface area contributed by atoms with Gasteiger partial charge in [0.1, 0.15) is 11.7 Å². The number of nitriles is 1. The lowest BCUT2D eigenvalue weighted by Crippen LogP contribution is -2.19. The number of phenolic OH excluding ortho intramolecular Hbond substituents is 1. The maximum absolute atomic E-state index is 11.6. The molecule has 1 rings (SSSR count). The van der Waals surface area contributed by atoms with E-state index < -0.39 is 11.9 Å². The number of benzene rings is 1. The second-order valence-electron chi connectivity index (χ2n) is 4.20. The molecule has 1 aromatic rings. The molecular formula is C14H17NO3. The van der Waals surface area contributed by atoms with Crippen molar-refractivity contribution in [2.45, 2.75) is 27.2 Å². The topological polar surface area (TPSA) is 70.3 Å². The van der Waals surface area contributed by atoms with Gasteiger partial charge in [0.15, 0.2) is 0 Å². The van der Waals surface area contributed by atoms with Gasteiger partial charge in [0.05, 0.1) is 12.7 Å². The number of carbonyl (C=O) groups excluding carboxylic acids is 1. The zero-order valence-corrected chi connectivity index (χ0v) is 10.9. The minimum absolute atomic E-state index is 0.193. The number of aromatic hydroxyl groups is 1. The second kappa shape index (κ2) is 6.06. The first-order chi connectivity index (χ1) is 8.49. The molecule has 0 amide bonds. The number of nitrogens with zero attached hydrogens (tertiary/aromatic N) is 1. The first-order valence-corrected chi connectivity index (χ1v) is 5.85. The Labute approximate surface area is 107 Å². The van der Waals surface area contributed by atoms with Crippen molar-refractivity contribution in [2.24, 2.45) is 5.92 Å². The summed E-state index contributed by atoms with van der Waals surface area (Å²) in [6.45, 7) is 5.68. The average molecular weight is 247 g/mol. The predicted octanol–water partition coefficient (Wildman–Crippen LogP) is 2.25. The van der Waals surface area contributed by atoms with Crippen molar-refractivity contribution in [3.63, 3.8) is 0 Å². The predicted molar refractivity (Wildman–Crippen MR) is 67.0 cm³/mol. The molecule has 1 atom stereocenters. The third-order valence-corrected chi connectivity index (χ3v) is 2.82. The summed E-state index contributed by atoms with van der Waals surface area (Å²) < 4.78 is 4.86. The molecular weight excluding hydrogens is 230 g/mol. The van der Waals surface area contributed by atoms with Crippen LogP contribution in [0.15, 0.2) is 12.1 Å². The SMILES string of the molecule is CCOC(=O)[C@H](C#N)Cc1c(C)cc(O)cc1C. The number of aryl methyl sites for hydroxylation is 2. The molecule has 96 valence electrons. The number of hydrogen-bond acceptors (Lipinski definition) is 4. The summed E-state index contributed by atoms with van der Waals surface area (Å²) in [5, 5.41) is 18.5. The van der Waals surface area contributed by atoms with E-state index in [0.29, 0.717) is 6.42 Å². The molecule has 0 bridgehead atoms. The lowest BCUT2D eigenvalue weighted by molar-refractivity contribution is -0.145. The van der Waals surface area contributed by atoms with Crippen LogP contribution in [0, 0.1) is 31.1 Å². The third kappa shape index (κ3) is 3.24. The van der Waals surface area contributed by atoms with Gasteiger partial charge in [0, 0.05) is 0 Å².